The molecule has 1 aliphatic heterocycles. The molecule has 1 saturated heterocycles. The van der Waals surface area contributed by atoms with Gasteiger partial charge in [0.1, 0.15) is 5.75 Å². The molecule has 0 aliphatic carbocycles. The number of anilines is 1. The van der Waals surface area contributed by atoms with E-state index in [0.29, 0.717) is 12.1 Å². The van der Waals surface area contributed by atoms with Crippen LogP contribution in [0.4, 0.5) is 5.69 Å². The lowest BCUT2D eigenvalue weighted by molar-refractivity contribution is 0.190. The summed E-state index contributed by atoms with van der Waals surface area (Å²) in [6.45, 7) is 3.47. The van der Waals surface area contributed by atoms with Crippen LogP contribution >= 0.6 is 0 Å². The third-order valence-corrected chi connectivity index (χ3v) is 3.67. The molecule has 0 aromatic heterocycles. The Bertz CT molecular complexity index is 350. The molecule has 0 spiro atoms. The first-order valence-electron chi connectivity index (χ1n) is 6.30. The van der Waals surface area contributed by atoms with Gasteiger partial charge < -0.3 is 15.0 Å². The topological polar surface area (TPSA) is 24.5 Å². The molecule has 2 unspecified atom stereocenters. The maximum absolute atomic E-state index is 5.16. The van der Waals surface area contributed by atoms with Crippen LogP contribution in [0.15, 0.2) is 24.3 Å². The van der Waals surface area contributed by atoms with Crippen LogP contribution in [0, 0.1) is 0 Å². The van der Waals surface area contributed by atoms with Crippen molar-refractivity contribution in [3.63, 3.8) is 0 Å². The molecule has 3 nitrogen and oxygen atoms in total. The van der Waals surface area contributed by atoms with Crippen LogP contribution < -0.4 is 10.1 Å². The normalized spacial score (nSPS) is 25.6. The molecule has 1 N–H and O–H groups in total. The standard InChI is InChI=1S/C14H22N2O/c1-11-10-13(8-9-16(11)2)15-12-4-6-14(17-3)7-5-12/h4-7,11,13,15H,8-10H2,1-3H3. The zero-order valence-electron chi connectivity index (χ0n) is 10.9. The Morgan fingerprint density at radius 1 is 1.29 bits per heavy atom. The van der Waals surface area contributed by atoms with Crippen molar-refractivity contribution in [1.82, 2.24) is 4.90 Å². The number of piperidine rings is 1. The lowest BCUT2D eigenvalue weighted by Gasteiger charge is -2.35. The molecule has 3 heteroatoms. The van der Waals surface area contributed by atoms with Crippen LogP contribution in [0.5, 0.6) is 5.75 Å². The molecule has 1 aromatic rings. The first-order chi connectivity index (χ1) is 8.19. The van der Waals surface area contributed by atoms with Gasteiger partial charge in [0, 0.05) is 24.3 Å². The van der Waals surface area contributed by atoms with Crippen LogP contribution in [0.25, 0.3) is 0 Å². The van der Waals surface area contributed by atoms with Gasteiger partial charge in [-0.05, 0) is 51.1 Å². The number of methoxy groups -OCH3 is 1. The summed E-state index contributed by atoms with van der Waals surface area (Å²) in [7, 11) is 3.90. The lowest BCUT2D eigenvalue weighted by Crippen LogP contribution is -2.42. The number of hydrogen-bond acceptors (Lipinski definition) is 3. The fraction of sp³-hybridized carbons (Fsp3) is 0.571. The lowest BCUT2D eigenvalue weighted by atomic mass is 9.99. The molecule has 1 fully saturated rings. The second-order valence-electron chi connectivity index (χ2n) is 4.92. The van der Waals surface area contributed by atoms with Crippen LogP contribution in [0.2, 0.25) is 0 Å². The Balaban J connectivity index is 1.92. The van der Waals surface area contributed by atoms with Gasteiger partial charge in [0.25, 0.3) is 0 Å². The van der Waals surface area contributed by atoms with Crippen molar-refractivity contribution in [3.8, 4) is 5.75 Å². The predicted octanol–water partition coefficient (Wildman–Crippen LogP) is 2.59. The molecule has 0 amide bonds. The SMILES string of the molecule is COc1ccc(NC2CCN(C)C(C)C2)cc1. The Labute approximate surface area is 104 Å². The molecule has 17 heavy (non-hydrogen) atoms. The van der Waals surface area contributed by atoms with Crippen molar-refractivity contribution in [2.75, 3.05) is 26.0 Å². The molecule has 1 aliphatic rings. The fourth-order valence-electron chi connectivity index (χ4n) is 2.34. The molecule has 0 radical (unpaired) electrons. The number of nitrogens with zero attached hydrogens (tertiary/aromatic N) is 1. The number of hydrogen-bond donors (Lipinski definition) is 1. The second-order valence-corrected chi connectivity index (χ2v) is 4.92. The summed E-state index contributed by atoms with van der Waals surface area (Å²) >= 11 is 0. The average Bonchev–Trinajstić information content (AvgIpc) is 2.35. The number of likely N-dealkylation sites (tertiary alicyclic amines) is 1. The smallest absolute Gasteiger partial charge is 0.119 e. The highest BCUT2D eigenvalue weighted by atomic mass is 16.5. The first-order valence-corrected chi connectivity index (χ1v) is 6.30. The van der Waals surface area contributed by atoms with E-state index in [0.717, 1.165) is 5.75 Å². The summed E-state index contributed by atoms with van der Waals surface area (Å²) in [5.41, 5.74) is 1.19. The van der Waals surface area contributed by atoms with Crippen molar-refractivity contribution in [3.05, 3.63) is 24.3 Å². The van der Waals surface area contributed by atoms with Crippen LogP contribution in [0.3, 0.4) is 0 Å². The van der Waals surface area contributed by atoms with Crippen molar-refractivity contribution >= 4 is 5.69 Å². The van der Waals surface area contributed by atoms with E-state index in [-0.39, 0.29) is 0 Å². The maximum atomic E-state index is 5.16. The van der Waals surface area contributed by atoms with Gasteiger partial charge in [0.2, 0.25) is 0 Å². The van der Waals surface area contributed by atoms with Gasteiger partial charge in [-0.2, -0.15) is 0 Å². The summed E-state index contributed by atoms with van der Waals surface area (Å²) in [4.78, 5) is 2.42. The Morgan fingerprint density at radius 2 is 2.00 bits per heavy atom. The monoisotopic (exact) mass is 234 g/mol. The van der Waals surface area contributed by atoms with E-state index < -0.39 is 0 Å². The minimum atomic E-state index is 0.592. The van der Waals surface area contributed by atoms with Gasteiger partial charge >= 0.3 is 0 Å². The van der Waals surface area contributed by atoms with E-state index in [1.54, 1.807) is 7.11 Å². The molecule has 94 valence electrons. The van der Waals surface area contributed by atoms with E-state index in [1.165, 1.54) is 25.1 Å². The fourth-order valence-corrected chi connectivity index (χ4v) is 2.34. The van der Waals surface area contributed by atoms with Gasteiger partial charge in [-0.15, -0.1) is 0 Å². The van der Waals surface area contributed by atoms with E-state index in [1.807, 2.05) is 12.1 Å². The van der Waals surface area contributed by atoms with Crippen molar-refractivity contribution < 1.29 is 4.74 Å². The summed E-state index contributed by atoms with van der Waals surface area (Å²) in [5, 5.41) is 3.60. The highest BCUT2D eigenvalue weighted by Gasteiger charge is 2.22. The third-order valence-electron chi connectivity index (χ3n) is 3.67. The zero-order chi connectivity index (χ0) is 12.3. The summed E-state index contributed by atoms with van der Waals surface area (Å²) in [5.74, 6) is 0.910. The second kappa shape index (κ2) is 5.41. The molecule has 2 rings (SSSR count). The van der Waals surface area contributed by atoms with E-state index >= 15 is 0 Å². The van der Waals surface area contributed by atoms with Gasteiger partial charge in [0.05, 0.1) is 7.11 Å². The van der Waals surface area contributed by atoms with Gasteiger partial charge in [-0.25, -0.2) is 0 Å². The minimum absolute atomic E-state index is 0.592. The minimum Gasteiger partial charge on any atom is -0.497 e. The molecule has 0 bridgehead atoms. The highest BCUT2D eigenvalue weighted by molar-refractivity contribution is 5.47. The number of benzene rings is 1. The third kappa shape index (κ3) is 3.13. The zero-order valence-corrected chi connectivity index (χ0v) is 10.9. The first kappa shape index (κ1) is 12.2. The predicted molar refractivity (Wildman–Crippen MR) is 71.7 cm³/mol. The van der Waals surface area contributed by atoms with E-state index in [9.17, 15) is 0 Å². The molecular weight excluding hydrogens is 212 g/mol. The average molecular weight is 234 g/mol. The van der Waals surface area contributed by atoms with Crippen molar-refractivity contribution in [2.24, 2.45) is 0 Å². The quantitative estimate of drug-likeness (QED) is 0.870. The van der Waals surface area contributed by atoms with Gasteiger partial charge in [-0.3, -0.25) is 0 Å². The van der Waals surface area contributed by atoms with E-state index in [4.69, 9.17) is 4.74 Å². The van der Waals surface area contributed by atoms with Crippen LogP contribution in [-0.2, 0) is 0 Å². The summed E-state index contributed by atoms with van der Waals surface area (Å²) < 4.78 is 5.16. The maximum Gasteiger partial charge on any atom is 0.119 e. The van der Waals surface area contributed by atoms with Crippen molar-refractivity contribution in [2.45, 2.75) is 31.8 Å². The number of nitrogens with one attached hydrogen (secondary N) is 1. The molecule has 1 aromatic carbocycles. The highest BCUT2D eigenvalue weighted by Crippen LogP contribution is 2.21. The molecule has 0 saturated carbocycles. The van der Waals surface area contributed by atoms with Crippen molar-refractivity contribution in [1.29, 1.82) is 0 Å². The Hall–Kier alpha value is -1.22. The van der Waals surface area contributed by atoms with Crippen LogP contribution in [-0.4, -0.2) is 37.7 Å². The molecular formula is C14H22N2O. The molecule has 2 atom stereocenters. The van der Waals surface area contributed by atoms with Gasteiger partial charge in [0.15, 0.2) is 0 Å². The largest absolute Gasteiger partial charge is 0.497 e. The number of rotatable bonds is 3. The van der Waals surface area contributed by atoms with E-state index in [2.05, 4.69) is 36.3 Å². The molecule has 1 heterocycles. The Kier molecular flexibility index (Phi) is 3.89. The number of ether oxygens (including phenoxy) is 1. The summed E-state index contributed by atoms with van der Waals surface area (Å²) in [6, 6.07) is 9.43. The Morgan fingerprint density at radius 3 is 2.59 bits per heavy atom. The van der Waals surface area contributed by atoms with Gasteiger partial charge in [-0.1, -0.05) is 0 Å². The summed E-state index contributed by atoms with van der Waals surface area (Å²) in [6.07, 6.45) is 2.43. The van der Waals surface area contributed by atoms with Crippen LogP contribution in [0.1, 0.15) is 19.8 Å².